The maximum Gasteiger partial charge on any atom is 0.142 e. The van der Waals surface area contributed by atoms with Crippen LogP contribution >= 0.6 is 0 Å². The highest BCUT2D eigenvalue weighted by molar-refractivity contribution is 5.67. The number of likely N-dealkylation sites (tertiary alicyclic amines) is 1. The molecular formula is C28H38N2O3. The van der Waals surface area contributed by atoms with Gasteiger partial charge >= 0.3 is 0 Å². The molecule has 1 aliphatic heterocycles. The van der Waals surface area contributed by atoms with E-state index in [0.29, 0.717) is 37.9 Å². The van der Waals surface area contributed by atoms with Gasteiger partial charge in [-0.2, -0.15) is 0 Å². The fourth-order valence-electron chi connectivity index (χ4n) is 6.58. The summed E-state index contributed by atoms with van der Waals surface area (Å²) in [6, 6.07) is 16.0. The number of benzene rings is 2. The van der Waals surface area contributed by atoms with Gasteiger partial charge in [-0.05, 0) is 80.6 Å². The van der Waals surface area contributed by atoms with Gasteiger partial charge in [0.15, 0.2) is 0 Å². The van der Waals surface area contributed by atoms with Crippen LogP contribution in [0.4, 0.5) is 11.4 Å². The Hall–Kier alpha value is -2.08. The number of rotatable bonds is 9. The first kappa shape index (κ1) is 22.7. The molecule has 5 rings (SSSR count). The number of methoxy groups -OCH3 is 1. The lowest BCUT2D eigenvalue weighted by Gasteiger charge is -2.58. The topological polar surface area (TPSA) is 43.0 Å². The zero-order chi connectivity index (χ0) is 22.7. The molecule has 33 heavy (non-hydrogen) atoms. The number of hydrogen-bond acceptors (Lipinski definition) is 5. The van der Waals surface area contributed by atoms with E-state index in [1.165, 1.54) is 45.1 Å². The van der Waals surface area contributed by atoms with Crippen LogP contribution in [0.1, 0.15) is 43.2 Å². The Balaban J connectivity index is 1.34. The van der Waals surface area contributed by atoms with Crippen molar-refractivity contribution in [3.05, 3.63) is 53.6 Å². The summed E-state index contributed by atoms with van der Waals surface area (Å²) < 4.78 is 16.6. The van der Waals surface area contributed by atoms with Gasteiger partial charge in [0.05, 0.1) is 25.5 Å². The lowest BCUT2D eigenvalue weighted by molar-refractivity contribution is 0.00290. The molecule has 1 N–H and O–H groups in total. The Kier molecular flexibility index (Phi) is 6.91. The molecule has 0 radical (unpaired) electrons. The van der Waals surface area contributed by atoms with Crippen LogP contribution < -0.4 is 10.1 Å². The first-order valence-electron chi connectivity index (χ1n) is 12.6. The Labute approximate surface area is 198 Å². The van der Waals surface area contributed by atoms with Gasteiger partial charge in [-0.25, -0.2) is 0 Å². The van der Waals surface area contributed by atoms with Crippen molar-refractivity contribution < 1.29 is 14.2 Å². The van der Waals surface area contributed by atoms with Crippen molar-refractivity contribution in [2.45, 2.75) is 50.0 Å². The summed E-state index contributed by atoms with van der Waals surface area (Å²) in [6.45, 7) is 3.49. The number of ether oxygens (including phenoxy) is 3. The number of hydrogen-bond donors (Lipinski definition) is 1. The molecule has 0 amide bonds. The first-order chi connectivity index (χ1) is 16.2. The van der Waals surface area contributed by atoms with Crippen LogP contribution in [0.15, 0.2) is 42.5 Å². The molecule has 2 aliphatic carbocycles. The molecule has 2 fully saturated rings. The van der Waals surface area contributed by atoms with E-state index in [-0.39, 0.29) is 0 Å². The van der Waals surface area contributed by atoms with Crippen molar-refractivity contribution in [2.75, 3.05) is 52.4 Å². The largest absolute Gasteiger partial charge is 0.489 e. The molecule has 2 aromatic rings. The molecule has 0 aromatic heterocycles. The smallest absolute Gasteiger partial charge is 0.142 e. The van der Waals surface area contributed by atoms with Gasteiger partial charge in [-0.15, -0.1) is 0 Å². The quantitative estimate of drug-likeness (QED) is 0.535. The van der Waals surface area contributed by atoms with Crippen LogP contribution in [-0.4, -0.2) is 58.1 Å². The van der Waals surface area contributed by atoms with Gasteiger partial charge in [0.25, 0.3) is 0 Å². The van der Waals surface area contributed by atoms with E-state index in [0.717, 1.165) is 23.0 Å². The minimum atomic E-state index is 0.371. The zero-order valence-corrected chi connectivity index (χ0v) is 20.1. The van der Waals surface area contributed by atoms with Crippen LogP contribution in [-0.2, 0) is 21.3 Å². The van der Waals surface area contributed by atoms with Crippen LogP contribution in [0.2, 0.25) is 0 Å². The number of likely N-dealkylation sites (N-methyl/N-ethyl adjacent to an activating group) is 1. The molecule has 3 aliphatic rings. The van der Waals surface area contributed by atoms with Crippen molar-refractivity contribution in [3.63, 3.8) is 0 Å². The number of fused-ring (bicyclic) bond motifs is 1. The Bertz CT molecular complexity index is 948. The molecule has 3 atom stereocenters. The molecule has 2 aromatic carbocycles. The van der Waals surface area contributed by atoms with Crippen molar-refractivity contribution in [1.82, 2.24) is 4.90 Å². The second-order valence-electron chi connectivity index (χ2n) is 9.96. The van der Waals surface area contributed by atoms with E-state index in [1.54, 1.807) is 18.2 Å². The molecular weight excluding hydrogens is 412 g/mol. The van der Waals surface area contributed by atoms with E-state index < -0.39 is 0 Å². The van der Waals surface area contributed by atoms with Crippen molar-refractivity contribution in [1.29, 1.82) is 0 Å². The molecule has 1 saturated heterocycles. The van der Waals surface area contributed by atoms with E-state index in [2.05, 4.69) is 47.6 Å². The standard InChI is InChI=1S/C28H38N2O3/c1-30-14-13-28-12-6-5-7-23(28)26(30)19-21-10-11-22(20-24(21)28)29-25-8-3-4-9-27(25)33-18-17-32-16-15-31-2/h3-4,8-11,20,23,26,29H,5-7,12-19H2,1-2H3/t23-,26+,28+/m0/s1. The Morgan fingerprint density at radius 1 is 1.03 bits per heavy atom. The SMILES string of the molecule is COCCOCCOc1ccccc1Nc1ccc2c(c1)[C@@]13CCCC[C@H]1[C@@H](C2)N(C)CC3. The third-order valence-electron chi connectivity index (χ3n) is 8.20. The summed E-state index contributed by atoms with van der Waals surface area (Å²) >= 11 is 0. The van der Waals surface area contributed by atoms with Crippen LogP contribution in [0.3, 0.4) is 0 Å². The van der Waals surface area contributed by atoms with Crippen LogP contribution in [0, 0.1) is 5.92 Å². The summed E-state index contributed by atoms with van der Waals surface area (Å²) in [5, 5.41) is 3.66. The summed E-state index contributed by atoms with van der Waals surface area (Å²) in [6.07, 6.45) is 7.98. The summed E-state index contributed by atoms with van der Waals surface area (Å²) in [5.41, 5.74) is 5.72. The van der Waals surface area contributed by atoms with Crippen molar-refractivity contribution >= 4 is 11.4 Å². The number of nitrogens with one attached hydrogen (secondary N) is 1. The Morgan fingerprint density at radius 2 is 1.91 bits per heavy atom. The van der Waals surface area contributed by atoms with E-state index in [9.17, 15) is 0 Å². The second-order valence-corrected chi connectivity index (χ2v) is 9.96. The lowest BCUT2D eigenvalue weighted by Crippen LogP contribution is -2.59. The van der Waals surface area contributed by atoms with Gasteiger partial charge in [0.2, 0.25) is 0 Å². The zero-order valence-electron chi connectivity index (χ0n) is 20.1. The van der Waals surface area contributed by atoms with Crippen LogP contribution in [0.25, 0.3) is 0 Å². The molecule has 2 bridgehead atoms. The summed E-state index contributed by atoms with van der Waals surface area (Å²) in [7, 11) is 4.02. The van der Waals surface area contributed by atoms with E-state index in [1.807, 2.05) is 12.1 Å². The van der Waals surface area contributed by atoms with Gasteiger partial charge in [-0.3, -0.25) is 0 Å². The average molecular weight is 451 g/mol. The van der Waals surface area contributed by atoms with E-state index in [4.69, 9.17) is 14.2 Å². The van der Waals surface area contributed by atoms with Gasteiger partial charge in [0.1, 0.15) is 12.4 Å². The minimum absolute atomic E-state index is 0.371. The molecule has 0 spiro atoms. The fraction of sp³-hybridized carbons (Fsp3) is 0.571. The second kappa shape index (κ2) is 10.0. The monoisotopic (exact) mass is 450 g/mol. The molecule has 0 unspecified atom stereocenters. The average Bonchev–Trinajstić information content (AvgIpc) is 2.85. The third-order valence-corrected chi connectivity index (χ3v) is 8.20. The first-order valence-corrected chi connectivity index (χ1v) is 12.6. The predicted molar refractivity (Wildman–Crippen MR) is 133 cm³/mol. The predicted octanol–water partition coefficient (Wildman–Crippen LogP) is 5.16. The van der Waals surface area contributed by atoms with Gasteiger partial charge in [-0.1, -0.05) is 31.0 Å². The number of para-hydroxylation sites is 2. The highest BCUT2D eigenvalue weighted by atomic mass is 16.5. The molecule has 1 heterocycles. The molecule has 5 heteroatoms. The van der Waals surface area contributed by atoms with Gasteiger partial charge < -0.3 is 24.4 Å². The normalized spacial score (nSPS) is 26.4. The third kappa shape index (κ3) is 4.51. The van der Waals surface area contributed by atoms with Crippen molar-refractivity contribution in [3.8, 4) is 5.75 Å². The number of anilines is 2. The van der Waals surface area contributed by atoms with Crippen LogP contribution in [0.5, 0.6) is 5.75 Å². The number of nitrogens with zero attached hydrogens (tertiary/aromatic N) is 1. The Morgan fingerprint density at radius 3 is 2.82 bits per heavy atom. The summed E-state index contributed by atoms with van der Waals surface area (Å²) in [4.78, 5) is 2.63. The maximum atomic E-state index is 6.03. The molecule has 5 nitrogen and oxygen atoms in total. The minimum Gasteiger partial charge on any atom is -0.489 e. The highest BCUT2D eigenvalue weighted by Crippen LogP contribution is 2.55. The summed E-state index contributed by atoms with van der Waals surface area (Å²) in [5.74, 6) is 1.67. The lowest BCUT2D eigenvalue weighted by atomic mass is 9.52. The number of piperidine rings is 1. The van der Waals surface area contributed by atoms with Crippen molar-refractivity contribution in [2.24, 2.45) is 5.92 Å². The molecule has 1 saturated carbocycles. The maximum absolute atomic E-state index is 6.03. The van der Waals surface area contributed by atoms with E-state index >= 15 is 0 Å². The fourth-order valence-corrected chi connectivity index (χ4v) is 6.58. The highest BCUT2D eigenvalue weighted by Gasteiger charge is 2.53. The van der Waals surface area contributed by atoms with Gasteiger partial charge in [0, 0.05) is 24.3 Å². The molecule has 178 valence electrons.